The molecular weight excluding hydrogens is 805 g/mol. The number of piperazine rings is 1. The number of amides is 4. The van der Waals surface area contributed by atoms with Gasteiger partial charge in [-0.25, -0.2) is 9.97 Å². The van der Waals surface area contributed by atoms with Crippen LogP contribution in [0.3, 0.4) is 0 Å². The van der Waals surface area contributed by atoms with Crippen molar-refractivity contribution >= 4 is 63.0 Å². The van der Waals surface area contributed by atoms with E-state index in [0.29, 0.717) is 64.4 Å². The topological polar surface area (TPSA) is 219 Å². The molecule has 19 heteroatoms. The minimum atomic E-state index is -1.37. The van der Waals surface area contributed by atoms with E-state index in [9.17, 15) is 23.7 Å². The van der Waals surface area contributed by atoms with Crippen molar-refractivity contribution in [3.63, 3.8) is 0 Å². The van der Waals surface area contributed by atoms with Gasteiger partial charge in [-0.2, -0.15) is 5.10 Å². The van der Waals surface area contributed by atoms with Crippen LogP contribution in [-0.2, 0) is 41.6 Å². The van der Waals surface area contributed by atoms with Gasteiger partial charge in [0.25, 0.3) is 5.91 Å². The Morgan fingerprint density at radius 2 is 1.70 bits per heavy atom. The van der Waals surface area contributed by atoms with Crippen molar-refractivity contribution in [1.29, 1.82) is 0 Å². The summed E-state index contributed by atoms with van der Waals surface area (Å²) in [5.41, 5.74) is 4.16. The highest BCUT2D eigenvalue weighted by molar-refractivity contribution is 7.92. The predicted octanol–water partition coefficient (Wildman–Crippen LogP) is 3.05. The predicted molar refractivity (Wildman–Crippen MR) is 228 cm³/mol. The molecule has 2 fully saturated rings. The van der Waals surface area contributed by atoms with Crippen LogP contribution in [0.5, 0.6) is 5.75 Å². The van der Waals surface area contributed by atoms with Crippen LogP contribution in [0.15, 0.2) is 41.6 Å². The third kappa shape index (κ3) is 10.5. The minimum Gasteiger partial charge on any atom is -0.611 e. The van der Waals surface area contributed by atoms with Gasteiger partial charge in [-0.15, -0.1) is 0 Å². The summed E-state index contributed by atoms with van der Waals surface area (Å²) in [6.45, 7) is 16.3. The minimum absolute atomic E-state index is 0.161. The molecule has 3 aliphatic rings. The smallest absolute Gasteiger partial charge is 0.255 e. The fourth-order valence-electron chi connectivity index (χ4n) is 7.46. The largest absolute Gasteiger partial charge is 0.611 e. The molecule has 2 atom stereocenters. The number of anilines is 3. The third-order valence-corrected chi connectivity index (χ3v) is 12.9. The number of aromatic nitrogens is 4. The van der Waals surface area contributed by atoms with Crippen molar-refractivity contribution in [3.8, 4) is 5.75 Å². The van der Waals surface area contributed by atoms with Crippen LogP contribution >= 0.6 is 0 Å². The first-order chi connectivity index (χ1) is 29.3. The quantitative estimate of drug-likeness (QED) is 0.0682. The lowest BCUT2D eigenvalue weighted by molar-refractivity contribution is -0.137. The van der Waals surface area contributed by atoms with Crippen molar-refractivity contribution < 1.29 is 37.9 Å². The van der Waals surface area contributed by atoms with Gasteiger partial charge in [0.05, 0.1) is 25.3 Å². The molecule has 2 unspecified atom stereocenters. The summed E-state index contributed by atoms with van der Waals surface area (Å²) in [5.74, 6) is 0.297. The Balaban J connectivity index is 0.801. The number of hydrogen-bond donors (Lipinski definition) is 4. The molecule has 0 radical (unpaired) electrons. The standard InChI is InChI=1S/C42H54N10O8S/c1-26-27(2)48-49-38(26)47-39-29-21-35(61(57)42(3,4)5)34(22-32(29)43-25-44-39)60-18-16-51-13-11-50(12-14-51)15-17-58-19-20-59-24-37(54)45-31-8-6-7-28-30(31)23-52(41(28)56)33-9-10-36(53)46-40(33)55/h6-8,21-22,25,33H,9-20,23-24H2,1-5H3,(H,45,54)(H,46,53,55)(H2,43,44,47,48,49). The summed E-state index contributed by atoms with van der Waals surface area (Å²) in [5, 5.41) is 16.5. The van der Waals surface area contributed by atoms with Gasteiger partial charge in [0, 0.05) is 97.8 Å². The van der Waals surface area contributed by atoms with Crippen LogP contribution in [0, 0.1) is 13.8 Å². The highest BCUT2D eigenvalue weighted by atomic mass is 32.2. The molecule has 2 aromatic carbocycles. The number of carbonyl (C=O) groups excluding carboxylic acids is 4. The molecule has 18 nitrogen and oxygen atoms in total. The van der Waals surface area contributed by atoms with E-state index in [1.54, 1.807) is 18.2 Å². The highest BCUT2D eigenvalue weighted by Gasteiger charge is 2.40. The number of benzene rings is 2. The van der Waals surface area contributed by atoms with Crippen LogP contribution in [0.4, 0.5) is 17.3 Å². The number of aryl methyl sites for hydroxylation is 1. The third-order valence-electron chi connectivity index (χ3n) is 11.1. The van der Waals surface area contributed by atoms with Gasteiger partial charge in [-0.05, 0) is 64.3 Å². The Hall–Kier alpha value is -5.18. The summed E-state index contributed by atoms with van der Waals surface area (Å²) in [4.78, 5) is 65.5. The average molecular weight is 859 g/mol. The van der Waals surface area contributed by atoms with Gasteiger partial charge in [0.1, 0.15) is 36.1 Å². The van der Waals surface area contributed by atoms with Gasteiger partial charge in [0.15, 0.2) is 16.5 Å². The van der Waals surface area contributed by atoms with E-state index in [-0.39, 0.29) is 50.3 Å². The summed E-state index contributed by atoms with van der Waals surface area (Å²) >= 11 is -1.37. The summed E-state index contributed by atoms with van der Waals surface area (Å²) in [6.07, 6.45) is 1.93. The molecule has 61 heavy (non-hydrogen) atoms. The zero-order chi connectivity index (χ0) is 43.3. The molecule has 4 aromatic rings. The zero-order valence-electron chi connectivity index (χ0n) is 35.3. The van der Waals surface area contributed by atoms with Crippen LogP contribution < -0.4 is 20.7 Å². The number of aromatic amines is 1. The maximum Gasteiger partial charge on any atom is 0.255 e. The van der Waals surface area contributed by atoms with Gasteiger partial charge in [0.2, 0.25) is 17.7 Å². The van der Waals surface area contributed by atoms with Gasteiger partial charge >= 0.3 is 0 Å². The van der Waals surface area contributed by atoms with Crippen LogP contribution in [-0.4, -0.2) is 146 Å². The Bertz CT molecular complexity index is 2260. The molecule has 3 aliphatic heterocycles. The average Bonchev–Trinajstić information content (AvgIpc) is 3.74. The first-order valence-electron chi connectivity index (χ1n) is 20.6. The SMILES string of the molecule is Cc1[nH]nc(Nc2ncnc3cc(OCCN4CCN(CCOCCOCC(=O)Nc5cccc6c5CN(C5CCC(=O)NC5=O)C6=O)CC4)c([S+]([O-])C(C)(C)C)cc23)c1C. The van der Waals surface area contributed by atoms with E-state index in [2.05, 4.69) is 45.9 Å². The molecule has 0 saturated carbocycles. The molecule has 0 aliphatic carbocycles. The Labute approximate surface area is 357 Å². The molecule has 326 valence electrons. The Morgan fingerprint density at radius 1 is 0.967 bits per heavy atom. The molecule has 5 heterocycles. The molecule has 2 aromatic heterocycles. The molecule has 2 saturated heterocycles. The summed E-state index contributed by atoms with van der Waals surface area (Å²) in [6, 6.07) is 8.05. The molecular formula is C42H54N10O8S. The maximum absolute atomic E-state index is 13.8. The second-order valence-corrected chi connectivity index (χ2v) is 18.5. The molecule has 0 bridgehead atoms. The lowest BCUT2D eigenvalue weighted by Gasteiger charge is -2.34. The highest BCUT2D eigenvalue weighted by Crippen LogP contribution is 2.37. The van der Waals surface area contributed by atoms with E-state index in [1.807, 2.05) is 46.8 Å². The van der Waals surface area contributed by atoms with Crippen molar-refractivity contribution in [2.75, 3.05) is 82.9 Å². The molecule has 4 N–H and O–H groups in total. The van der Waals surface area contributed by atoms with Crippen molar-refractivity contribution in [1.82, 2.24) is 40.2 Å². The number of fused-ring (bicyclic) bond motifs is 2. The molecule has 4 amide bonds. The van der Waals surface area contributed by atoms with Crippen LogP contribution in [0.25, 0.3) is 10.9 Å². The normalized spacial score (nSPS) is 18.0. The van der Waals surface area contributed by atoms with E-state index >= 15 is 0 Å². The van der Waals surface area contributed by atoms with E-state index < -0.39 is 27.9 Å². The first-order valence-corrected chi connectivity index (χ1v) is 21.7. The number of imide groups is 1. The number of nitrogens with one attached hydrogen (secondary N) is 4. The van der Waals surface area contributed by atoms with Crippen molar-refractivity contribution in [3.05, 3.63) is 59.0 Å². The maximum atomic E-state index is 13.8. The van der Waals surface area contributed by atoms with E-state index in [4.69, 9.17) is 14.2 Å². The Kier molecular flexibility index (Phi) is 13.9. The molecule has 0 spiro atoms. The van der Waals surface area contributed by atoms with Gasteiger partial charge in [-0.3, -0.25) is 39.4 Å². The Morgan fingerprint density at radius 3 is 2.41 bits per heavy atom. The van der Waals surface area contributed by atoms with Gasteiger partial charge < -0.3 is 34.3 Å². The monoisotopic (exact) mass is 858 g/mol. The lowest BCUT2D eigenvalue weighted by Crippen LogP contribution is -2.52. The van der Waals surface area contributed by atoms with Crippen molar-refractivity contribution in [2.45, 2.75) is 69.7 Å². The van der Waals surface area contributed by atoms with Crippen LogP contribution in [0.1, 0.15) is 60.8 Å². The second kappa shape index (κ2) is 19.3. The number of ether oxygens (including phenoxy) is 3. The lowest BCUT2D eigenvalue weighted by atomic mass is 10.0. The van der Waals surface area contributed by atoms with E-state index in [1.165, 1.54) is 11.2 Å². The number of H-pyrrole nitrogens is 1. The number of nitrogens with zero attached hydrogens (tertiary/aromatic N) is 6. The number of rotatable bonds is 17. The molecule has 7 rings (SSSR count). The van der Waals surface area contributed by atoms with Gasteiger partial charge in [-0.1, -0.05) is 6.07 Å². The number of hydrogen-bond acceptors (Lipinski definition) is 14. The van der Waals surface area contributed by atoms with Crippen molar-refractivity contribution in [2.24, 2.45) is 0 Å². The fourth-order valence-corrected chi connectivity index (χ4v) is 8.64. The fraction of sp³-hybridized carbons (Fsp3) is 0.500. The second-order valence-electron chi connectivity index (χ2n) is 16.3. The number of carbonyl (C=O) groups is 4. The van der Waals surface area contributed by atoms with E-state index in [0.717, 1.165) is 55.9 Å². The zero-order valence-corrected chi connectivity index (χ0v) is 36.1. The van der Waals surface area contributed by atoms with Crippen LogP contribution in [0.2, 0.25) is 0 Å². The number of piperidine rings is 1. The summed E-state index contributed by atoms with van der Waals surface area (Å²) < 4.78 is 31.0. The first kappa shape index (κ1) is 43.9. The summed E-state index contributed by atoms with van der Waals surface area (Å²) in [7, 11) is 0.